The van der Waals surface area contributed by atoms with Gasteiger partial charge in [0.05, 0.1) is 21.1 Å². The molecule has 0 fully saturated rings. The highest BCUT2D eigenvalue weighted by atomic mass is 32.1. The summed E-state index contributed by atoms with van der Waals surface area (Å²) < 4.78 is 1.10. The van der Waals surface area contributed by atoms with Gasteiger partial charge in [-0.3, -0.25) is 14.4 Å². The summed E-state index contributed by atoms with van der Waals surface area (Å²) in [7, 11) is 0. The molecule has 5 nitrogen and oxygen atoms in total. The number of hydrogen-bond donors (Lipinski definition) is 1. The van der Waals surface area contributed by atoms with Crippen LogP contribution in [0.4, 0.5) is 0 Å². The number of Topliss-reactive ketones (excluding diaryl/α,β-unsaturated/α-hetero) is 1. The lowest BCUT2D eigenvalue weighted by Gasteiger charge is -2.22. The zero-order chi connectivity index (χ0) is 26.1. The van der Waals surface area contributed by atoms with Gasteiger partial charge in [-0.05, 0) is 48.1 Å². The van der Waals surface area contributed by atoms with Gasteiger partial charge in [0.2, 0.25) is 5.91 Å². The van der Waals surface area contributed by atoms with Crippen LogP contribution in [0.15, 0.2) is 61.2 Å². The molecule has 0 unspecified atom stereocenters. The normalized spacial score (nSPS) is 12.9. The van der Waals surface area contributed by atoms with Crippen LogP contribution in [0, 0.1) is 5.92 Å². The van der Waals surface area contributed by atoms with Crippen LogP contribution >= 0.6 is 11.3 Å². The number of carbonyl (C=O) groups excluding carboxylic acids is 3. The molecule has 190 valence electrons. The third kappa shape index (κ3) is 7.95. The van der Waals surface area contributed by atoms with Crippen molar-refractivity contribution in [2.24, 2.45) is 5.92 Å². The number of rotatable bonds is 14. The molecular formula is C30H36N2O3S. The Morgan fingerprint density at radius 2 is 1.83 bits per heavy atom. The fourth-order valence-corrected chi connectivity index (χ4v) is 5.28. The molecule has 1 heterocycles. The highest BCUT2D eigenvalue weighted by Gasteiger charge is 2.26. The molecule has 3 rings (SSSR count). The third-order valence-corrected chi connectivity index (χ3v) is 7.46. The molecule has 3 aromatic rings. The van der Waals surface area contributed by atoms with E-state index in [4.69, 9.17) is 4.98 Å². The number of fused-ring (bicyclic) bond motifs is 1. The van der Waals surface area contributed by atoms with Crippen molar-refractivity contribution in [1.29, 1.82) is 0 Å². The van der Waals surface area contributed by atoms with Crippen molar-refractivity contribution in [2.75, 3.05) is 0 Å². The Labute approximate surface area is 218 Å². The van der Waals surface area contributed by atoms with Gasteiger partial charge in [0, 0.05) is 31.7 Å². The van der Waals surface area contributed by atoms with Crippen LogP contribution < -0.4 is 5.32 Å². The number of amides is 1. The Morgan fingerprint density at radius 3 is 2.50 bits per heavy atom. The van der Waals surface area contributed by atoms with Crippen molar-refractivity contribution < 1.29 is 14.4 Å². The van der Waals surface area contributed by atoms with E-state index in [-0.39, 0.29) is 29.9 Å². The molecule has 0 aliphatic rings. The Morgan fingerprint density at radius 1 is 1.08 bits per heavy atom. The molecule has 1 N–H and O–H groups in total. The van der Waals surface area contributed by atoms with Crippen molar-refractivity contribution in [3.8, 4) is 0 Å². The summed E-state index contributed by atoms with van der Waals surface area (Å²) in [5, 5.41) is 4.01. The summed E-state index contributed by atoms with van der Waals surface area (Å²) in [5.74, 6) is -0.230. The van der Waals surface area contributed by atoms with Crippen LogP contribution in [0.1, 0.15) is 68.5 Å². The van der Waals surface area contributed by atoms with Crippen LogP contribution in [-0.2, 0) is 27.2 Å². The van der Waals surface area contributed by atoms with E-state index >= 15 is 0 Å². The van der Waals surface area contributed by atoms with E-state index in [2.05, 4.69) is 37.9 Å². The molecule has 2 aromatic carbocycles. The first-order valence-electron chi connectivity index (χ1n) is 12.7. The van der Waals surface area contributed by atoms with E-state index in [0.717, 1.165) is 20.8 Å². The number of nitrogens with zero attached hydrogens (tertiary/aromatic N) is 1. The van der Waals surface area contributed by atoms with E-state index in [1.807, 2.05) is 43.3 Å². The van der Waals surface area contributed by atoms with Gasteiger partial charge in [-0.15, -0.1) is 11.3 Å². The minimum absolute atomic E-state index is 0.0461. The maximum Gasteiger partial charge on any atom is 0.224 e. The smallest absolute Gasteiger partial charge is 0.224 e. The fraction of sp³-hybridized carbons (Fsp3) is 0.400. The van der Waals surface area contributed by atoms with Gasteiger partial charge in [-0.25, -0.2) is 4.98 Å². The number of aromatic nitrogens is 1. The van der Waals surface area contributed by atoms with Crippen LogP contribution in [0.2, 0.25) is 0 Å². The highest BCUT2D eigenvalue weighted by Crippen LogP contribution is 2.28. The van der Waals surface area contributed by atoms with Crippen LogP contribution in [-0.4, -0.2) is 28.5 Å². The summed E-state index contributed by atoms with van der Waals surface area (Å²) in [4.78, 5) is 42.5. The molecule has 36 heavy (non-hydrogen) atoms. The molecule has 6 heteroatoms. The van der Waals surface area contributed by atoms with Gasteiger partial charge in [-0.1, -0.05) is 63.7 Å². The lowest BCUT2D eigenvalue weighted by molar-refractivity contribution is -0.130. The summed E-state index contributed by atoms with van der Waals surface area (Å²) in [6.45, 7) is 9.70. The third-order valence-electron chi connectivity index (χ3n) is 6.42. The van der Waals surface area contributed by atoms with Crippen molar-refractivity contribution in [1.82, 2.24) is 10.3 Å². The maximum atomic E-state index is 13.5. The summed E-state index contributed by atoms with van der Waals surface area (Å²) in [5.41, 5.74) is 3.26. The van der Waals surface area contributed by atoms with E-state index in [1.165, 1.54) is 11.6 Å². The van der Waals surface area contributed by atoms with E-state index in [9.17, 15) is 14.4 Å². The van der Waals surface area contributed by atoms with Crippen molar-refractivity contribution in [3.05, 3.63) is 77.3 Å². The molecule has 0 saturated heterocycles. The molecule has 0 aliphatic carbocycles. The molecule has 1 amide bonds. The molecule has 2 atom stereocenters. The molecule has 0 saturated carbocycles. The topological polar surface area (TPSA) is 76.1 Å². The lowest BCUT2D eigenvalue weighted by Crippen LogP contribution is -2.41. The standard InChI is InChI=1S/C30H36N2O3S/c1-5-25(33)14-13-24(16-21-10-8-7-9-11-21)31-30(35)23(17-26(34)6-2)19-29-32-27-15-12-22(20(3)4)18-28(27)36-29/h5,7-12,15,18,20,23-24H,1,6,13-14,16-17,19H2,2-4H3,(H,31,35)/t23-,24+/m0/s1. The molecular weight excluding hydrogens is 468 g/mol. The number of thiazole rings is 1. The quantitative estimate of drug-likeness (QED) is 0.265. The summed E-state index contributed by atoms with van der Waals surface area (Å²) in [6, 6.07) is 16.0. The fourth-order valence-electron chi connectivity index (χ4n) is 4.18. The summed E-state index contributed by atoms with van der Waals surface area (Å²) in [6.07, 6.45) is 3.75. The molecule has 1 aromatic heterocycles. The van der Waals surface area contributed by atoms with Crippen molar-refractivity contribution >= 4 is 39.0 Å². The molecule has 0 aliphatic heterocycles. The van der Waals surface area contributed by atoms with Gasteiger partial charge >= 0.3 is 0 Å². The zero-order valence-electron chi connectivity index (χ0n) is 21.5. The Balaban J connectivity index is 1.79. The molecule has 0 radical (unpaired) electrons. The lowest BCUT2D eigenvalue weighted by atomic mass is 9.95. The van der Waals surface area contributed by atoms with Gasteiger partial charge in [0.15, 0.2) is 5.78 Å². The van der Waals surface area contributed by atoms with Crippen molar-refractivity contribution in [2.45, 2.75) is 71.3 Å². The van der Waals surface area contributed by atoms with Crippen LogP contribution in [0.25, 0.3) is 10.2 Å². The Kier molecular flexibility index (Phi) is 10.1. The molecule has 0 bridgehead atoms. The number of carbonyl (C=O) groups is 3. The second-order valence-electron chi connectivity index (χ2n) is 9.59. The number of benzene rings is 2. The second-order valence-corrected chi connectivity index (χ2v) is 10.7. The van der Waals surface area contributed by atoms with E-state index in [0.29, 0.717) is 38.0 Å². The van der Waals surface area contributed by atoms with E-state index in [1.54, 1.807) is 11.3 Å². The number of nitrogens with one attached hydrogen (secondary N) is 1. The van der Waals surface area contributed by atoms with Gasteiger partial charge in [-0.2, -0.15) is 0 Å². The first kappa shape index (κ1) is 27.5. The zero-order valence-corrected chi connectivity index (χ0v) is 22.3. The summed E-state index contributed by atoms with van der Waals surface area (Å²) >= 11 is 1.59. The van der Waals surface area contributed by atoms with Gasteiger partial charge < -0.3 is 5.32 Å². The number of hydrogen-bond acceptors (Lipinski definition) is 5. The minimum Gasteiger partial charge on any atom is -0.353 e. The predicted octanol–water partition coefficient (Wildman–Crippen LogP) is 6.21. The molecule has 0 spiro atoms. The highest BCUT2D eigenvalue weighted by molar-refractivity contribution is 7.18. The first-order chi connectivity index (χ1) is 17.3. The largest absolute Gasteiger partial charge is 0.353 e. The van der Waals surface area contributed by atoms with Crippen LogP contribution in [0.5, 0.6) is 0 Å². The SMILES string of the molecule is C=CC(=O)CC[C@H](Cc1ccccc1)NC(=O)[C@@H](CC(=O)CC)Cc1nc2ccc(C(C)C)cc2s1. The van der Waals surface area contributed by atoms with Gasteiger partial charge in [0.1, 0.15) is 5.78 Å². The van der Waals surface area contributed by atoms with E-state index < -0.39 is 5.92 Å². The average molecular weight is 505 g/mol. The van der Waals surface area contributed by atoms with Gasteiger partial charge in [0.25, 0.3) is 0 Å². The second kappa shape index (κ2) is 13.3. The average Bonchev–Trinajstić information content (AvgIpc) is 3.28. The Hall–Kier alpha value is -3.12. The predicted molar refractivity (Wildman–Crippen MR) is 147 cm³/mol. The number of ketones is 2. The minimum atomic E-state index is -0.504. The number of allylic oxidation sites excluding steroid dienone is 1. The van der Waals surface area contributed by atoms with Crippen LogP contribution in [0.3, 0.4) is 0 Å². The first-order valence-corrected chi connectivity index (χ1v) is 13.5. The maximum absolute atomic E-state index is 13.5. The Bertz CT molecular complexity index is 1200. The van der Waals surface area contributed by atoms with Crippen molar-refractivity contribution in [3.63, 3.8) is 0 Å². The monoisotopic (exact) mass is 504 g/mol.